The number of aromatic hydroxyl groups is 1. The highest BCUT2D eigenvalue weighted by molar-refractivity contribution is 5.83. The van der Waals surface area contributed by atoms with E-state index in [4.69, 9.17) is 9.15 Å². The van der Waals surface area contributed by atoms with Gasteiger partial charge >= 0.3 is 0 Å². The molecule has 0 saturated carbocycles. The Morgan fingerprint density at radius 3 is 2.62 bits per heavy atom. The van der Waals surface area contributed by atoms with Gasteiger partial charge in [-0.15, -0.1) is 0 Å². The Morgan fingerprint density at radius 2 is 1.90 bits per heavy atom. The van der Waals surface area contributed by atoms with E-state index in [9.17, 15) is 5.11 Å². The minimum Gasteiger partial charge on any atom is -0.508 e. The molecule has 21 heavy (non-hydrogen) atoms. The van der Waals surface area contributed by atoms with E-state index in [2.05, 4.69) is 5.32 Å². The number of benzene rings is 2. The zero-order valence-corrected chi connectivity index (χ0v) is 12.0. The zero-order valence-electron chi connectivity index (χ0n) is 12.0. The summed E-state index contributed by atoms with van der Waals surface area (Å²) in [7, 11) is 1.63. The Bertz CT molecular complexity index is 746. The van der Waals surface area contributed by atoms with E-state index in [0.717, 1.165) is 28.2 Å². The number of furan rings is 1. The van der Waals surface area contributed by atoms with E-state index < -0.39 is 0 Å². The maximum absolute atomic E-state index is 9.30. The van der Waals surface area contributed by atoms with Gasteiger partial charge in [0.2, 0.25) is 0 Å². The maximum Gasteiger partial charge on any atom is 0.176 e. The van der Waals surface area contributed by atoms with Crippen molar-refractivity contribution in [3.8, 4) is 11.5 Å². The van der Waals surface area contributed by atoms with Crippen LogP contribution in [0.2, 0.25) is 0 Å². The Balaban J connectivity index is 1.87. The van der Waals surface area contributed by atoms with Gasteiger partial charge < -0.3 is 19.6 Å². The summed E-state index contributed by atoms with van der Waals surface area (Å²) in [5.74, 6) is 1.82. The van der Waals surface area contributed by atoms with E-state index in [0.29, 0.717) is 0 Å². The molecule has 108 valence electrons. The van der Waals surface area contributed by atoms with Crippen LogP contribution < -0.4 is 10.1 Å². The summed E-state index contributed by atoms with van der Waals surface area (Å²) in [6, 6.07) is 14.8. The number of hydrogen-bond acceptors (Lipinski definition) is 4. The number of phenols is 1. The molecule has 3 aromatic rings. The summed E-state index contributed by atoms with van der Waals surface area (Å²) in [6.45, 7) is 2.02. The molecule has 0 fully saturated rings. The molecule has 2 N–H and O–H groups in total. The van der Waals surface area contributed by atoms with Gasteiger partial charge in [0, 0.05) is 11.1 Å². The van der Waals surface area contributed by atoms with Crippen LogP contribution in [0, 0.1) is 0 Å². The summed E-state index contributed by atoms with van der Waals surface area (Å²) in [5, 5.41) is 13.7. The molecule has 1 unspecified atom stereocenters. The van der Waals surface area contributed by atoms with Crippen LogP contribution in [0.1, 0.15) is 18.7 Å². The minimum atomic E-state index is 0.00616. The summed E-state index contributed by atoms with van der Waals surface area (Å²) in [5.41, 5.74) is 1.68. The fraction of sp³-hybridized carbons (Fsp3) is 0.176. The second kappa shape index (κ2) is 5.40. The Hall–Kier alpha value is -2.62. The molecule has 0 aliphatic rings. The number of nitrogens with one attached hydrogen (secondary N) is 1. The highest BCUT2D eigenvalue weighted by atomic mass is 16.5. The van der Waals surface area contributed by atoms with Crippen molar-refractivity contribution in [2.75, 3.05) is 12.4 Å². The molecular weight excluding hydrogens is 266 g/mol. The van der Waals surface area contributed by atoms with Crippen LogP contribution in [0.4, 0.5) is 5.69 Å². The SMILES string of the molecule is COc1cccc2cc(C(C)Nc3ccc(O)cc3)oc12. The van der Waals surface area contributed by atoms with Crippen molar-refractivity contribution in [2.24, 2.45) is 0 Å². The predicted molar refractivity (Wildman–Crippen MR) is 82.9 cm³/mol. The molecule has 0 spiro atoms. The Labute approximate surface area is 123 Å². The van der Waals surface area contributed by atoms with Crippen LogP contribution in [0.3, 0.4) is 0 Å². The summed E-state index contributed by atoms with van der Waals surface area (Å²) >= 11 is 0. The average molecular weight is 283 g/mol. The molecule has 1 atom stereocenters. The van der Waals surface area contributed by atoms with Crippen molar-refractivity contribution in [1.82, 2.24) is 0 Å². The van der Waals surface area contributed by atoms with Crippen LogP contribution >= 0.6 is 0 Å². The quantitative estimate of drug-likeness (QED) is 0.700. The smallest absolute Gasteiger partial charge is 0.176 e. The number of rotatable bonds is 4. The third kappa shape index (κ3) is 2.65. The van der Waals surface area contributed by atoms with Gasteiger partial charge in [0.25, 0.3) is 0 Å². The number of hydrogen-bond donors (Lipinski definition) is 2. The van der Waals surface area contributed by atoms with Gasteiger partial charge in [-0.3, -0.25) is 0 Å². The zero-order chi connectivity index (χ0) is 14.8. The van der Waals surface area contributed by atoms with Crippen molar-refractivity contribution in [2.45, 2.75) is 13.0 Å². The number of ether oxygens (including phenoxy) is 1. The van der Waals surface area contributed by atoms with Gasteiger partial charge in [-0.05, 0) is 43.3 Å². The Kier molecular flexibility index (Phi) is 3.44. The summed E-state index contributed by atoms with van der Waals surface area (Å²) in [6.07, 6.45) is 0. The summed E-state index contributed by atoms with van der Waals surface area (Å²) in [4.78, 5) is 0. The molecule has 0 amide bonds. The number of fused-ring (bicyclic) bond motifs is 1. The second-order valence-electron chi connectivity index (χ2n) is 4.94. The van der Waals surface area contributed by atoms with Crippen molar-refractivity contribution in [1.29, 1.82) is 0 Å². The molecule has 0 bridgehead atoms. The molecule has 0 radical (unpaired) electrons. The fourth-order valence-corrected chi connectivity index (χ4v) is 2.31. The van der Waals surface area contributed by atoms with Gasteiger partial charge in [0.15, 0.2) is 11.3 Å². The molecule has 1 heterocycles. The number of methoxy groups -OCH3 is 1. The standard InChI is InChI=1S/C17H17NO3/c1-11(18-13-6-8-14(19)9-7-13)16-10-12-4-3-5-15(20-2)17(12)21-16/h3-11,18-19H,1-2H3. The number of anilines is 1. The number of para-hydroxylation sites is 1. The first-order valence-corrected chi connectivity index (χ1v) is 6.79. The molecule has 0 aliphatic heterocycles. The van der Waals surface area contributed by atoms with Crippen molar-refractivity contribution >= 4 is 16.7 Å². The third-order valence-electron chi connectivity index (χ3n) is 3.42. The molecule has 0 aliphatic carbocycles. The van der Waals surface area contributed by atoms with Gasteiger partial charge in [0.05, 0.1) is 13.2 Å². The maximum atomic E-state index is 9.30. The normalized spacial score (nSPS) is 12.3. The first-order valence-electron chi connectivity index (χ1n) is 6.79. The van der Waals surface area contributed by atoms with Crippen molar-refractivity contribution in [3.05, 3.63) is 54.3 Å². The van der Waals surface area contributed by atoms with Gasteiger partial charge in [0.1, 0.15) is 11.5 Å². The van der Waals surface area contributed by atoms with Crippen LogP contribution in [-0.2, 0) is 0 Å². The minimum absolute atomic E-state index is 0.00616. The lowest BCUT2D eigenvalue weighted by molar-refractivity contribution is 0.406. The lowest BCUT2D eigenvalue weighted by atomic mass is 10.2. The average Bonchev–Trinajstić information content (AvgIpc) is 2.93. The van der Waals surface area contributed by atoms with Gasteiger partial charge in [-0.25, -0.2) is 0 Å². The lowest BCUT2D eigenvalue weighted by Gasteiger charge is -2.12. The topological polar surface area (TPSA) is 54.6 Å². The van der Waals surface area contributed by atoms with E-state index in [1.165, 1.54) is 0 Å². The third-order valence-corrected chi connectivity index (χ3v) is 3.42. The van der Waals surface area contributed by atoms with E-state index in [1.807, 2.05) is 43.3 Å². The summed E-state index contributed by atoms with van der Waals surface area (Å²) < 4.78 is 11.2. The largest absolute Gasteiger partial charge is 0.508 e. The predicted octanol–water partition coefficient (Wildman–Crippen LogP) is 4.32. The molecule has 0 saturated heterocycles. The lowest BCUT2D eigenvalue weighted by Crippen LogP contribution is -2.05. The molecule has 1 aromatic heterocycles. The van der Waals surface area contributed by atoms with Crippen molar-refractivity contribution < 1.29 is 14.3 Å². The second-order valence-corrected chi connectivity index (χ2v) is 4.94. The van der Waals surface area contributed by atoms with Gasteiger partial charge in [-0.2, -0.15) is 0 Å². The molecule has 3 rings (SSSR count). The monoisotopic (exact) mass is 283 g/mol. The first-order chi connectivity index (χ1) is 10.2. The van der Waals surface area contributed by atoms with Crippen LogP contribution in [0.25, 0.3) is 11.0 Å². The number of phenolic OH excluding ortho intramolecular Hbond substituents is 1. The highest BCUT2D eigenvalue weighted by Gasteiger charge is 2.14. The first kappa shape index (κ1) is 13.4. The highest BCUT2D eigenvalue weighted by Crippen LogP contribution is 2.32. The van der Waals surface area contributed by atoms with E-state index in [-0.39, 0.29) is 11.8 Å². The molecule has 4 nitrogen and oxygen atoms in total. The molecular formula is C17H17NO3. The van der Waals surface area contributed by atoms with E-state index >= 15 is 0 Å². The fourth-order valence-electron chi connectivity index (χ4n) is 2.31. The van der Waals surface area contributed by atoms with Crippen LogP contribution in [0.5, 0.6) is 11.5 Å². The molecule has 4 heteroatoms. The van der Waals surface area contributed by atoms with Gasteiger partial charge in [-0.1, -0.05) is 12.1 Å². The Morgan fingerprint density at radius 1 is 1.14 bits per heavy atom. The van der Waals surface area contributed by atoms with Crippen molar-refractivity contribution in [3.63, 3.8) is 0 Å². The van der Waals surface area contributed by atoms with Crippen LogP contribution in [0.15, 0.2) is 52.9 Å². The van der Waals surface area contributed by atoms with Crippen LogP contribution in [-0.4, -0.2) is 12.2 Å². The molecule has 2 aromatic carbocycles. The van der Waals surface area contributed by atoms with E-state index in [1.54, 1.807) is 19.2 Å².